The standard InChI is InChI=1S/C61H42/c1-59(2)49-19-9-7-15-41(49)46-31-35(24-28-51(46)59)36-26-30-53-48(33-36)43-27-23-38(37-25-29-52-47(32-37)42-16-8-10-20-50(42)60(52,3)4)34-56(43)61(53)54-21-11-17-44-39-13-5-6-14-40(39)45-18-12-22-55(61)58(45)57(44)54/h5-34H,1-4H3. The van der Waals surface area contributed by atoms with Crippen molar-refractivity contribution in [3.8, 4) is 55.6 Å². The molecular weight excluding hydrogens is 733 g/mol. The van der Waals surface area contributed by atoms with Crippen LogP contribution in [0.5, 0.6) is 0 Å². The monoisotopic (exact) mass is 774 g/mol. The Morgan fingerprint density at radius 3 is 1.13 bits per heavy atom. The van der Waals surface area contributed by atoms with Crippen LogP contribution in [0, 0.1) is 0 Å². The molecule has 0 atom stereocenters. The van der Waals surface area contributed by atoms with Gasteiger partial charge >= 0.3 is 0 Å². The normalized spacial score (nSPS) is 15.9. The molecule has 0 amide bonds. The molecule has 10 aromatic carbocycles. The van der Waals surface area contributed by atoms with Gasteiger partial charge in [0.05, 0.1) is 5.41 Å². The second-order valence-corrected chi connectivity index (χ2v) is 19.1. The lowest BCUT2D eigenvalue weighted by molar-refractivity contribution is 0.660. The van der Waals surface area contributed by atoms with Gasteiger partial charge < -0.3 is 0 Å². The lowest BCUT2D eigenvalue weighted by Gasteiger charge is -2.31. The zero-order valence-electron chi connectivity index (χ0n) is 34.8. The van der Waals surface area contributed by atoms with Crippen LogP contribution in [0.2, 0.25) is 0 Å². The Bertz CT molecular complexity index is 3560. The summed E-state index contributed by atoms with van der Waals surface area (Å²) >= 11 is 0. The fraction of sp³-hybridized carbons (Fsp3) is 0.115. The van der Waals surface area contributed by atoms with Crippen LogP contribution in [0.25, 0.3) is 88.0 Å². The topological polar surface area (TPSA) is 0 Å². The summed E-state index contributed by atoms with van der Waals surface area (Å²) in [5, 5.41) is 8.13. The molecule has 0 radical (unpaired) electrons. The molecule has 1 spiro atoms. The molecule has 0 nitrogen and oxygen atoms in total. The lowest BCUT2D eigenvalue weighted by atomic mass is 9.69. The zero-order valence-corrected chi connectivity index (χ0v) is 34.8. The Morgan fingerprint density at radius 1 is 0.246 bits per heavy atom. The Balaban J connectivity index is 1.03. The van der Waals surface area contributed by atoms with E-state index in [4.69, 9.17) is 0 Å². The minimum Gasteiger partial charge on any atom is -0.0619 e. The highest BCUT2D eigenvalue weighted by Crippen LogP contribution is 2.64. The van der Waals surface area contributed by atoms with Crippen LogP contribution < -0.4 is 0 Å². The highest BCUT2D eigenvalue weighted by molar-refractivity contribution is 6.30. The molecule has 4 aliphatic carbocycles. The summed E-state index contributed by atoms with van der Waals surface area (Å²) in [6, 6.07) is 70.3. The van der Waals surface area contributed by atoms with Crippen molar-refractivity contribution in [1.82, 2.24) is 0 Å². The fourth-order valence-corrected chi connectivity index (χ4v) is 12.9. The van der Waals surface area contributed by atoms with Crippen LogP contribution in [0.1, 0.15) is 72.2 Å². The smallest absolute Gasteiger partial charge is 0.0619 e. The van der Waals surface area contributed by atoms with Gasteiger partial charge in [-0.15, -0.1) is 0 Å². The molecule has 61 heavy (non-hydrogen) atoms. The van der Waals surface area contributed by atoms with E-state index in [1.165, 1.54) is 132 Å². The highest BCUT2D eigenvalue weighted by Gasteiger charge is 2.51. The van der Waals surface area contributed by atoms with E-state index in [1.807, 2.05) is 0 Å². The van der Waals surface area contributed by atoms with Gasteiger partial charge in [0.2, 0.25) is 0 Å². The molecule has 0 N–H and O–H groups in total. The summed E-state index contributed by atoms with van der Waals surface area (Å²) in [5.74, 6) is 0. The van der Waals surface area contributed by atoms with Gasteiger partial charge in [0.15, 0.2) is 0 Å². The van der Waals surface area contributed by atoms with Gasteiger partial charge in [-0.3, -0.25) is 0 Å². The Morgan fingerprint density at radius 2 is 0.607 bits per heavy atom. The Hall–Kier alpha value is -7.02. The third-order valence-corrected chi connectivity index (χ3v) is 15.7. The largest absolute Gasteiger partial charge is 0.0726 e. The second-order valence-electron chi connectivity index (χ2n) is 19.1. The molecule has 10 aromatic rings. The number of hydrogen-bond donors (Lipinski definition) is 0. The molecule has 0 fully saturated rings. The Labute approximate surface area is 356 Å². The quantitative estimate of drug-likeness (QED) is 0.153. The first-order chi connectivity index (χ1) is 29.8. The summed E-state index contributed by atoms with van der Waals surface area (Å²) < 4.78 is 0. The van der Waals surface area contributed by atoms with Crippen LogP contribution in [-0.4, -0.2) is 0 Å². The van der Waals surface area contributed by atoms with Crippen molar-refractivity contribution in [3.05, 3.63) is 226 Å². The zero-order chi connectivity index (χ0) is 40.6. The van der Waals surface area contributed by atoms with Gasteiger partial charge in [0.25, 0.3) is 0 Å². The van der Waals surface area contributed by atoms with Crippen molar-refractivity contribution in [2.75, 3.05) is 0 Å². The predicted octanol–water partition coefficient (Wildman–Crippen LogP) is 15.8. The maximum atomic E-state index is 2.56. The van der Waals surface area contributed by atoms with Crippen LogP contribution in [-0.2, 0) is 16.2 Å². The van der Waals surface area contributed by atoms with Gasteiger partial charge in [0, 0.05) is 10.8 Å². The fourth-order valence-electron chi connectivity index (χ4n) is 12.9. The second kappa shape index (κ2) is 11.2. The van der Waals surface area contributed by atoms with Crippen molar-refractivity contribution >= 4 is 32.3 Å². The average Bonchev–Trinajstić information content (AvgIpc) is 3.93. The first-order valence-corrected chi connectivity index (χ1v) is 21.9. The molecule has 0 aromatic heterocycles. The SMILES string of the molecule is CC1(C)c2ccccc2-c2cc(-c3ccc4c(c3)-c3ccc(-c5ccc6c(c5)-c5ccccc5C6(C)C)cc3C43c4cccc5c6ccccc6c6cccc3c6c45)ccc21. The van der Waals surface area contributed by atoms with E-state index in [1.54, 1.807) is 0 Å². The number of benzene rings is 10. The summed E-state index contributed by atoms with van der Waals surface area (Å²) in [6.07, 6.45) is 0. The number of hydrogen-bond acceptors (Lipinski definition) is 0. The first-order valence-electron chi connectivity index (χ1n) is 21.9. The summed E-state index contributed by atoms with van der Waals surface area (Å²) in [4.78, 5) is 0. The first kappa shape index (κ1) is 33.8. The van der Waals surface area contributed by atoms with Crippen molar-refractivity contribution in [1.29, 1.82) is 0 Å². The van der Waals surface area contributed by atoms with Crippen molar-refractivity contribution in [2.24, 2.45) is 0 Å². The molecule has 0 heteroatoms. The van der Waals surface area contributed by atoms with Gasteiger partial charge in [-0.05, 0) is 157 Å². The maximum absolute atomic E-state index is 2.56. The van der Waals surface area contributed by atoms with Crippen LogP contribution in [0.4, 0.5) is 0 Å². The van der Waals surface area contributed by atoms with Crippen LogP contribution >= 0.6 is 0 Å². The van der Waals surface area contributed by atoms with Crippen molar-refractivity contribution in [2.45, 2.75) is 43.9 Å². The van der Waals surface area contributed by atoms with E-state index < -0.39 is 5.41 Å². The Kier molecular flexibility index (Phi) is 6.21. The van der Waals surface area contributed by atoms with Gasteiger partial charge in [-0.2, -0.15) is 0 Å². The molecule has 0 bridgehead atoms. The van der Waals surface area contributed by atoms with Crippen LogP contribution in [0.15, 0.2) is 182 Å². The summed E-state index contributed by atoms with van der Waals surface area (Å²) in [7, 11) is 0. The minimum atomic E-state index is -0.468. The van der Waals surface area contributed by atoms with Crippen molar-refractivity contribution < 1.29 is 0 Å². The molecule has 0 aliphatic heterocycles. The van der Waals surface area contributed by atoms with E-state index in [9.17, 15) is 0 Å². The van der Waals surface area contributed by atoms with E-state index >= 15 is 0 Å². The van der Waals surface area contributed by atoms with E-state index in [0.29, 0.717) is 0 Å². The molecule has 286 valence electrons. The third kappa shape index (κ3) is 3.98. The van der Waals surface area contributed by atoms with Gasteiger partial charge in [-0.1, -0.05) is 185 Å². The summed E-state index contributed by atoms with van der Waals surface area (Å²) in [5.41, 5.74) is 23.8. The highest BCUT2D eigenvalue weighted by atomic mass is 14.5. The van der Waals surface area contributed by atoms with E-state index in [0.717, 1.165) is 0 Å². The van der Waals surface area contributed by atoms with E-state index in [-0.39, 0.29) is 10.8 Å². The predicted molar refractivity (Wildman–Crippen MR) is 256 cm³/mol. The molecule has 0 saturated heterocycles. The molecule has 4 aliphatic rings. The van der Waals surface area contributed by atoms with Gasteiger partial charge in [-0.25, -0.2) is 0 Å². The molecule has 0 saturated carbocycles. The van der Waals surface area contributed by atoms with E-state index in [2.05, 4.69) is 210 Å². The average molecular weight is 775 g/mol. The molecule has 0 unspecified atom stereocenters. The molecule has 0 heterocycles. The van der Waals surface area contributed by atoms with Crippen molar-refractivity contribution in [3.63, 3.8) is 0 Å². The third-order valence-electron chi connectivity index (χ3n) is 15.7. The van der Waals surface area contributed by atoms with Crippen LogP contribution in [0.3, 0.4) is 0 Å². The molecule has 14 rings (SSSR count). The number of rotatable bonds is 2. The number of fused-ring (bicyclic) bond motifs is 16. The molecular formula is C61H42. The summed E-state index contributed by atoms with van der Waals surface area (Å²) in [6.45, 7) is 9.46. The lowest BCUT2D eigenvalue weighted by Crippen LogP contribution is -2.26. The maximum Gasteiger partial charge on any atom is 0.0726 e. The minimum absolute atomic E-state index is 0.0197. The van der Waals surface area contributed by atoms with Gasteiger partial charge in [0.1, 0.15) is 0 Å².